The number of hydrogen-bond acceptors (Lipinski definition) is 1. The molecule has 1 rings (SSSR count). The smallest absolute Gasteiger partial charge is 0.0886 e. The first-order chi connectivity index (χ1) is 7.69. The van der Waals surface area contributed by atoms with E-state index in [2.05, 4.69) is 32.6 Å². The van der Waals surface area contributed by atoms with E-state index in [0.29, 0.717) is 0 Å². The minimum Gasteiger partial charge on any atom is -0.502 e. The summed E-state index contributed by atoms with van der Waals surface area (Å²) in [6.07, 6.45) is 10.8. The van der Waals surface area contributed by atoms with E-state index in [1.165, 1.54) is 19.3 Å². The maximum absolute atomic E-state index is 5.21. The Bertz CT molecular complexity index is 242. The molecule has 0 bridgehead atoms. The van der Waals surface area contributed by atoms with Gasteiger partial charge in [-0.2, -0.15) is 0 Å². The van der Waals surface area contributed by atoms with E-state index >= 15 is 0 Å². The van der Waals surface area contributed by atoms with E-state index < -0.39 is 0 Å². The van der Waals surface area contributed by atoms with Crippen LogP contribution in [0.25, 0.3) is 0 Å². The molecule has 1 fully saturated rings. The topological polar surface area (TPSA) is 9.23 Å². The van der Waals surface area contributed by atoms with Gasteiger partial charge in [-0.05, 0) is 37.0 Å². The van der Waals surface area contributed by atoms with Gasteiger partial charge in [-0.25, -0.2) is 0 Å². The molecule has 1 aliphatic carbocycles. The Balaban J connectivity index is 2.48. The molecule has 1 aliphatic rings. The van der Waals surface area contributed by atoms with Gasteiger partial charge in [-0.15, -0.1) is 0 Å². The Morgan fingerprint density at radius 2 is 2.12 bits per heavy atom. The fourth-order valence-corrected chi connectivity index (χ4v) is 2.84. The predicted molar refractivity (Wildman–Crippen MR) is 70.2 cm³/mol. The molecular formula is C15H26O. The molecule has 1 nitrogen and oxygen atoms in total. The van der Waals surface area contributed by atoms with E-state index in [4.69, 9.17) is 4.74 Å². The second-order valence-electron chi connectivity index (χ2n) is 5.04. The van der Waals surface area contributed by atoms with Crippen molar-refractivity contribution in [3.63, 3.8) is 0 Å². The van der Waals surface area contributed by atoms with Crippen LogP contribution in [-0.4, -0.2) is 7.11 Å². The second kappa shape index (κ2) is 6.78. The van der Waals surface area contributed by atoms with Gasteiger partial charge in [-0.1, -0.05) is 39.0 Å². The van der Waals surface area contributed by atoms with E-state index in [0.717, 1.165) is 36.4 Å². The summed E-state index contributed by atoms with van der Waals surface area (Å²) in [5, 5.41) is 0. The highest BCUT2D eigenvalue weighted by Gasteiger charge is 2.32. The molecule has 0 aromatic rings. The third-order valence-corrected chi connectivity index (χ3v) is 3.92. The van der Waals surface area contributed by atoms with Crippen molar-refractivity contribution in [3.05, 3.63) is 24.5 Å². The molecule has 0 aromatic carbocycles. The van der Waals surface area contributed by atoms with Crippen LogP contribution in [0.15, 0.2) is 24.5 Å². The van der Waals surface area contributed by atoms with E-state index in [1.807, 2.05) is 0 Å². The van der Waals surface area contributed by atoms with Gasteiger partial charge >= 0.3 is 0 Å². The van der Waals surface area contributed by atoms with Gasteiger partial charge in [0.1, 0.15) is 0 Å². The normalized spacial score (nSPS) is 29.8. The molecule has 0 radical (unpaired) electrons. The fourth-order valence-electron chi connectivity index (χ4n) is 2.84. The summed E-state index contributed by atoms with van der Waals surface area (Å²) in [6, 6.07) is 0. The molecule has 16 heavy (non-hydrogen) atoms. The van der Waals surface area contributed by atoms with Gasteiger partial charge in [0.2, 0.25) is 0 Å². The quantitative estimate of drug-likeness (QED) is 0.473. The first kappa shape index (κ1) is 13.3. The van der Waals surface area contributed by atoms with Crippen molar-refractivity contribution in [1.82, 2.24) is 0 Å². The molecule has 0 amide bonds. The highest BCUT2D eigenvalue weighted by molar-refractivity contribution is 4.95. The molecule has 3 unspecified atom stereocenters. The number of hydrogen-bond donors (Lipinski definition) is 0. The molecule has 1 saturated carbocycles. The Morgan fingerprint density at radius 3 is 2.75 bits per heavy atom. The lowest BCUT2D eigenvalue weighted by atomic mass is 9.85. The minimum atomic E-state index is 0.781. The van der Waals surface area contributed by atoms with E-state index in [9.17, 15) is 0 Å². The molecule has 0 N–H and O–H groups in total. The van der Waals surface area contributed by atoms with E-state index in [-0.39, 0.29) is 0 Å². The number of allylic oxidation sites excluding steroid dienone is 3. The summed E-state index contributed by atoms with van der Waals surface area (Å²) in [7, 11) is 1.73. The summed E-state index contributed by atoms with van der Waals surface area (Å²) in [4.78, 5) is 0. The van der Waals surface area contributed by atoms with Gasteiger partial charge in [0.05, 0.1) is 12.9 Å². The summed E-state index contributed by atoms with van der Waals surface area (Å²) >= 11 is 0. The van der Waals surface area contributed by atoms with Crippen LogP contribution >= 0.6 is 0 Å². The largest absolute Gasteiger partial charge is 0.502 e. The van der Waals surface area contributed by atoms with Crippen LogP contribution in [0.5, 0.6) is 0 Å². The zero-order chi connectivity index (χ0) is 12.0. The lowest BCUT2D eigenvalue weighted by molar-refractivity contribution is 0.237. The van der Waals surface area contributed by atoms with Gasteiger partial charge in [0, 0.05) is 6.42 Å². The zero-order valence-electron chi connectivity index (χ0n) is 11.0. The van der Waals surface area contributed by atoms with Crippen molar-refractivity contribution in [1.29, 1.82) is 0 Å². The lowest BCUT2D eigenvalue weighted by Gasteiger charge is -2.22. The summed E-state index contributed by atoms with van der Waals surface area (Å²) in [5.41, 5.74) is 0. The third kappa shape index (κ3) is 3.70. The van der Waals surface area contributed by atoms with Crippen LogP contribution in [0.4, 0.5) is 0 Å². The van der Waals surface area contributed by atoms with Gasteiger partial charge < -0.3 is 4.74 Å². The molecule has 0 spiro atoms. The van der Waals surface area contributed by atoms with Crippen LogP contribution in [-0.2, 0) is 4.74 Å². The van der Waals surface area contributed by atoms with Crippen LogP contribution in [0.3, 0.4) is 0 Å². The summed E-state index contributed by atoms with van der Waals surface area (Å²) in [5.74, 6) is 3.42. The first-order valence-corrected chi connectivity index (χ1v) is 6.55. The van der Waals surface area contributed by atoms with Crippen LogP contribution < -0.4 is 0 Å². The monoisotopic (exact) mass is 222 g/mol. The molecule has 1 heteroatoms. The Hall–Kier alpha value is -0.720. The van der Waals surface area contributed by atoms with Crippen molar-refractivity contribution in [3.8, 4) is 0 Å². The van der Waals surface area contributed by atoms with Crippen LogP contribution in [0, 0.1) is 17.8 Å². The van der Waals surface area contributed by atoms with Gasteiger partial charge in [0.25, 0.3) is 0 Å². The standard InChI is InChI=1S/C15H26O/c1-5-6-7-8-15-12(2)9-10-14(15)11-13(3)16-4/h6-7,12,14-15H,3,5,8-11H2,1-2,4H3/b7-6+. The van der Waals surface area contributed by atoms with Crippen molar-refractivity contribution in [2.24, 2.45) is 17.8 Å². The molecule has 3 atom stereocenters. The van der Waals surface area contributed by atoms with E-state index in [1.54, 1.807) is 7.11 Å². The predicted octanol–water partition coefficient (Wildman–Crippen LogP) is 4.56. The Kier molecular flexibility index (Phi) is 5.65. The molecule has 0 aromatic heterocycles. The number of rotatable bonds is 6. The lowest BCUT2D eigenvalue weighted by Crippen LogP contribution is -2.13. The highest BCUT2D eigenvalue weighted by Crippen LogP contribution is 2.42. The molecule has 92 valence electrons. The maximum atomic E-state index is 5.21. The molecular weight excluding hydrogens is 196 g/mol. The SMILES string of the molecule is C=C(CC1CCC(C)C1C/C=C/CC)OC. The number of ether oxygens (including phenoxy) is 1. The van der Waals surface area contributed by atoms with Crippen LogP contribution in [0.1, 0.15) is 46.0 Å². The third-order valence-electron chi connectivity index (χ3n) is 3.92. The minimum absolute atomic E-state index is 0.781. The number of methoxy groups -OCH3 is 1. The Labute approximate surface area is 101 Å². The van der Waals surface area contributed by atoms with Gasteiger partial charge in [0.15, 0.2) is 0 Å². The fraction of sp³-hybridized carbons (Fsp3) is 0.733. The molecule has 0 saturated heterocycles. The molecule has 0 heterocycles. The van der Waals surface area contributed by atoms with Crippen molar-refractivity contribution in [2.75, 3.05) is 7.11 Å². The summed E-state index contributed by atoms with van der Waals surface area (Å²) < 4.78 is 5.21. The van der Waals surface area contributed by atoms with Crippen molar-refractivity contribution in [2.45, 2.75) is 46.0 Å². The van der Waals surface area contributed by atoms with Crippen LogP contribution in [0.2, 0.25) is 0 Å². The summed E-state index contributed by atoms with van der Waals surface area (Å²) in [6.45, 7) is 8.53. The molecule has 0 aliphatic heterocycles. The Morgan fingerprint density at radius 1 is 1.38 bits per heavy atom. The first-order valence-electron chi connectivity index (χ1n) is 6.55. The average Bonchev–Trinajstić information content (AvgIpc) is 2.61. The second-order valence-corrected chi connectivity index (χ2v) is 5.04. The van der Waals surface area contributed by atoms with Crippen molar-refractivity contribution < 1.29 is 4.74 Å². The van der Waals surface area contributed by atoms with Crippen molar-refractivity contribution >= 4 is 0 Å². The highest BCUT2D eigenvalue weighted by atomic mass is 16.5. The van der Waals surface area contributed by atoms with Gasteiger partial charge in [-0.3, -0.25) is 0 Å². The maximum Gasteiger partial charge on any atom is 0.0886 e. The zero-order valence-corrected chi connectivity index (χ0v) is 11.0. The average molecular weight is 222 g/mol.